The first-order valence-electron chi connectivity index (χ1n) is 3.57. The molecule has 0 bridgehead atoms. The van der Waals surface area contributed by atoms with Crippen LogP contribution in [0.3, 0.4) is 0 Å². The second-order valence-electron chi connectivity index (χ2n) is 2.54. The van der Waals surface area contributed by atoms with Gasteiger partial charge >= 0.3 is 6.09 Å². The first-order chi connectivity index (χ1) is 5.20. The molecule has 1 amide bonds. The van der Waals surface area contributed by atoms with Crippen molar-refractivity contribution in [3.05, 3.63) is 0 Å². The monoisotopic (exact) mass is 196 g/mol. The van der Waals surface area contributed by atoms with Crippen molar-refractivity contribution in [3.63, 3.8) is 0 Å². The van der Waals surface area contributed by atoms with Gasteiger partial charge in [0.25, 0.3) is 0 Å². The van der Waals surface area contributed by atoms with Gasteiger partial charge < -0.3 is 10.4 Å². The Morgan fingerprint density at radius 1 is 1.75 bits per heavy atom. The van der Waals surface area contributed by atoms with Crippen LogP contribution in [0.15, 0.2) is 0 Å². The van der Waals surface area contributed by atoms with Crippen LogP contribution in [-0.2, 0) is 4.84 Å². The van der Waals surface area contributed by atoms with Crippen molar-refractivity contribution in [1.82, 2.24) is 10.4 Å². The number of hydroxylamine groups is 2. The molecule has 5 nitrogen and oxygen atoms in total. The maximum Gasteiger partial charge on any atom is 0.431 e. The van der Waals surface area contributed by atoms with E-state index in [2.05, 4.69) is 5.32 Å². The predicted octanol–water partition coefficient (Wildman–Crippen LogP) is 0.311. The van der Waals surface area contributed by atoms with Gasteiger partial charge in [-0.3, -0.25) is 4.84 Å². The first kappa shape index (κ1) is 11.5. The maximum absolute atomic E-state index is 10.4. The maximum atomic E-state index is 10.4. The molecule has 2 N–H and O–H groups in total. The summed E-state index contributed by atoms with van der Waals surface area (Å²) in [7, 11) is 0. The number of hydrogen-bond acceptors (Lipinski definition) is 3. The van der Waals surface area contributed by atoms with Crippen molar-refractivity contribution in [2.24, 2.45) is 0 Å². The average molecular weight is 197 g/mol. The quantitative estimate of drug-likeness (QED) is 0.586. The van der Waals surface area contributed by atoms with E-state index in [1.807, 2.05) is 6.92 Å². The van der Waals surface area contributed by atoms with Crippen LogP contribution in [0.4, 0.5) is 4.79 Å². The summed E-state index contributed by atoms with van der Waals surface area (Å²) in [4.78, 5) is 15.3. The third-order valence-corrected chi connectivity index (χ3v) is 1.50. The van der Waals surface area contributed by atoms with Gasteiger partial charge in [-0.05, 0) is 6.92 Å². The Labute approximate surface area is 77.0 Å². The summed E-state index contributed by atoms with van der Waals surface area (Å²) in [5.74, 6) is 0. The standard InChI is InChI=1S/C6H12N2O3.ClH/c1-5-4-11-8(6(9)10)3-2-7-5;/h5,7H,2-4H2,1H3,(H,9,10);1H/t5-;/m1./s1. The van der Waals surface area contributed by atoms with Crippen LogP contribution in [0.2, 0.25) is 0 Å². The van der Waals surface area contributed by atoms with E-state index < -0.39 is 6.09 Å². The van der Waals surface area contributed by atoms with Gasteiger partial charge in [0.1, 0.15) is 0 Å². The van der Waals surface area contributed by atoms with Gasteiger partial charge in [0.05, 0.1) is 13.2 Å². The Morgan fingerprint density at radius 2 is 2.42 bits per heavy atom. The zero-order valence-corrected chi connectivity index (χ0v) is 7.63. The Morgan fingerprint density at radius 3 is 3.00 bits per heavy atom. The van der Waals surface area contributed by atoms with Crippen molar-refractivity contribution in [3.8, 4) is 0 Å². The molecule has 0 unspecified atom stereocenters. The first-order valence-corrected chi connectivity index (χ1v) is 3.57. The topological polar surface area (TPSA) is 61.8 Å². The minimum Gasteiger partial charge on any atom is -0.463 e. The molecule has 1 saturated heterocycles. The molecule has 0 saturated carbocycles. The number of carbonyl (C=O) groups is 1. The summed E-state index contributed by atoms with van der Waals surface area (Å²) < 4.78 is 0. The Bertz CT molecular complexity index is 156. The Hall–Kier alpha value is -0.520. The highest BCUT2D eigenvalue weighted by atomic mass is 35.5. The van der Waals surface area contributed by atoms with Crippen molar-refractivity contribution in [1.29, 1.82) is 0 Å². The van der Waals surface area contributed by atoms with E-state index in [0.29, 0.717) is 19.7 Å². The van der Waals surface area contributed by atoms with Crippen LogP contribution in [0.1, 0.15) is 6.92 Å². The van der Waals surface area contributed by atoms with Gasteiger partial charge in [-0.1, -0.05) is 0 Å². The third-order valence-electron chi connectivity index (χ3n) is 1.50. The molecule has 1 rings (SSSR count). The van der Waals surface area contributed by atoms with E-state index in [-0.39, 0.29) is 18.4 Å². The van der Waals surface area contributed by atoms with Crippen LogP contribution in [0.5, 0.6) is 0 Å². The number of rotatable bonds is 0. The van der Waals surface area contributed by atoms with Crippen LogP contribution in [0, 0.1) is 0 Å². The molecule has 0 spiro atoms. The number of hydrogen-bond donors (Lipinski definition) is 2. The second kappa shape index (κ2) is 5.18. The minimum atomic E-state index is -1.03. The van der Waals surface area contributed by atoms with Crippen molar-refractivity contribution < 1.29 is 14.7 Å². The van der Waals surface area contributed by atoms with E-state index in [9.17, 15) is 4.79 Å². The van der Waals surface area contributed by atoms with Crippen molar-refractivity contribution in [2.75, 3.05) is 19.7 Å². The molecular formula is C6H13ClN2O3. The molecule has 0 aromatic carbocycles. The molecule has 1 fully saturated rings. The highest BCUT2D eigenvalue weighted by Gasteiger charge is 2.17. The van der Waals surface area contributed by atoms with Gasteiger partial charge in [-0.15, -0.1) is 12.4 Å². The lowest BCUT2D eigenvalue weighted by Crippen LogP contribution is -2.31. The van der Waals surface area contributed by atoms with Gasteiger partial charge in [-0.2, -0.15) is 5.06 Å². The third kappa shape index (κ3) is 3.25. The second-order valence-corrected chi connectivity index (χ2v) is 2.54. The highest BCUT2D eigenvalue weighted by molar-refractivity contribution is 5.85. The molecule has 6 heteroatoms. The summed E-state index contributed by atoms with van der Waals surface area (Å²) >= 11 is 0. The zero-order chi connectivity index (χ0) is 8.27. The normalized spacial score (nSPS) is 24.1. The fourth-order valence-electron chi connectivity index (χ4n) is 0.889. The summed E-state index contributed by atoms with van der Waals surface area (Å²) in [6, 6.07) is 0.222. The summed E-state index contributed by atoms with van der Waals surface area (Å²) in [6.07, 6.45) is -1.03. The van der Waals surface area contributed by atoms with Gasteiger partial charge in [-0.25, -0.2) is 4.79 Å². The van der Waals surface area contributed by atoms with Gasteiger partial charge in [0.2, 0.25) is 0 Å². The Balaban J connectivity index is 0.00000121. The van der Waals surface area contributed by atoms with E-state index in [0.717, 1.165) is 5.06 Å². The number of amides is 1. The lowest BCUT2D eigenvalue weighted by atomic mass is 10.4. The number of halogens is 1. The molecule has 1 aliphatic rings. The van der Waals surface area contributed by atoms with Gasteiger partial charge in [0.15, 0.2) is 0 Å². The molecule has 0 aromatic heterocycles. The summed E-state index contributed by atoms with van der Waals surface area (Å²) in [5, 5.41) is 12.6. The molecule has 0 radical (unpaired) electrons. The highest BCUT2D eigenvalue weighted by Crippen LogP contribution is 1.97. The van der Waals surface area contributed by atoms with Crippen LogP contribution in [-0.4, -0.2) is 42.0 Å². The minimum absolute atomic E-state index is 0. The molecule has 12 heavy (non-hydrogen) atoms. The largest absolute Gasteiger partial charge is 0.463 e. The molecular weight excluding hydrogens is 184 g/mol. The van der Waals surface area contributed by atoms with Crippen LogP contribution >= 0.6 is 12.4 Å². The average Bonchev–Trinajstić information content (AvgIpc) is 2.13. The zero-order valence-electron chi connectivity index (χ0n) is 6.82. The summed E-state index contributed by atoms with van der Waals surface area (Å²) in [6.45, 7) is 3.39. The van der Waals surface area contributed by atoms with Gasteiger partial charge in [0, 0.05) is 12.6 Å². The van der Waals surface area contributed by atoms with E-state index in [1.165, 1.54) is 0 Å². The van der Waals surface area contributed by atoms with E-state index in [1.54, 1.807) is 0 Å². The van der Waals surface area contributed by atoms with Crippen LogP contribution in [0.25, 0.3) is 0 Å². The van der Waals surface area contributed by atoms with E-state index >= 15 is 0 Å². The number of nitrogens with zero attached hydrogens (tertiary/aromatic N) is 1. The summed E-state index contributed by atoms with van der Waals surface area (Å²) in [5.41, 5.74) is 0. The predicted molar refractivity (Wildman–Crippen MR) is 45.4 cm³/mol. The molecule has 1 aliphatic heterocycles. The lowest BCUT2D eigenvalue weighted by Gasteiger charge is -2.14. The molecule has 1 atom stereocenters. The van der Waals surface area contributed by atoms with Crippen LogP contribution < -0.4 is 5.32 Å². The molecule has 0 aliphatic carbocycles. The molecule has 0 aromatic rings. The fourth-order valence-corrected chi connectivity index (χ4v) is 0.889. The smallest absolute Gasteiger partial charge is 0.431 e. The lowest BCUT2D eigenvalue weighted by molar-refractivity contribution is -0.123. The van der Waals surface area contributed by atoms with E-state index in [4.69, 9.17) is 9.94 Å². The molecule has 72 valence electrons. The SMILES string of the molecule is C[C@@H]1CON(C(=O)O)CCN1.Cl. The fraction of sp³-hybridized carbons (Fsp3) is 0.833. The number of carboxylic acid groups (broad SMARTS) is 1. The molecule has 1 heterocycles. The van der Waals surface area contributed by atoms with Crippen molar-refractivity contribution >= 4 is 18.5 Å². The Kier molecular flexibility index (Phi) is 4.96. The van der Waals surface area contributed by atoms with Crippen molar-refractivity contribution in [2.45, 2.75) is 13.0 Å². The number of nitrogens with one attached hydrogen (secondary N) is 1.